The van der Waals surface area contributed by atoms with Crippen molar-refractivity contribution in [2.45, 2.75) is 51.0 Å². The van der Waals surface area contributed by atoms with E-state index < -0.39 is 12.1 Å². The van der Waals surface area contributed by atoms with Crippen LogP contribution in [0.4, 0.5) is 0 Å². The fourth-order valence-corrected chi connectivity index (χ4v) is 4.82. The number of likely N-dealkylation sites (tertiary alicyclic amines) is 1. The van der Waals surface area contributed by atoms with Crippen molar-refractivity contribution in [3.63, 3.8) is 0 Å². The molecule has 154 valence electrons. The molecule has 0 bridgehead atoms. The van der Waals surface area contributed by atoms with Crippen molar-refractivity contribution in [2.75, 3.05) is 19.6 Å². The Morgan fingerprint density at radius 1 is 1.00 bits per heavy atom. The lowest BCUT2D eigenvalue weighted by Crippen LogP contribution is -2.32. The van der Waals surface area contributed by atoms with Crippen LogP contribution in [0.2, 0.25) is 0 Å². The van der Waals surface area contributed by atoms with Gasteiger partial charge in [0.25, 0.3) is 0 Å². The lowest BCUT2D eigenvalue weighted by molar-refractivity contribution is 0.0696. The first-order chi connectivity index (χ1) is 14.1. The molecule has 2 aromatic rings. The molecule has 0 radical (unpaired) electrons. The number of aliphatic hydroxyl groups is 1. The molecule has 0 aromatic heterocycles. The Morgan fingerprint density at radius 3 is 2.45 bits per heavy atom. The Morgan fingerprint density at radius 2 is 1.72 bits per heavy atom. The van der Waals surface area contributed by atoms with Gasteiger partial charge in [0.1, 0.15) is 6.10 Å². The quantitative estimate of drug-likeness (QED) is 0.761. The minimum absolute atomic E-state index is 0.238. The number of aryl methyl sites for hydroxylation is 1. The molecule has 2 unspecified atom stereocenters. The molecule has 2 aliphatic rings. The van der Waals surface area contributed by atoms with Gasteiger partial charge in [0, 0.05) is 0 Å². The highest BCUT2D eigenvalue weighted by Crippen LogP contribution is 2.31. The van der Waals surface area contributed by atoms with Crippen LogP contribution in [-0.2, 0) is 12.8 Å². The summed E-state index contributed by atoms with van der Waals surface area (Å²) in [5.41, 5.74) is 4.64. The maximum Gasteiger partial charge on any atom is 0.335 e. The van der Waals surface area contributed by atoms with Crippen LogP contribution in [-0.4, -0.2) is 40.7 Å². The summed E-state index contributed by atoms with van der Waals surface area (Å²) in [6.45, 7) is 3.79. The number of carbonyl (C=O) groups is 1. The maximum atomic E-state index is 11.0. The molecule has 1 saturated heterocycles. The fourth-order valence-electron chi connectivity index (χ4n) is 4.82. The standard InChI is InChI=1S/C25H31NO3/c27-24(19-6-8-20(9-7-19)25(28)29)23-11-10-21-16-18(4-5-22(21)17-23)12-15-26-13-2-1-3-14-26/h6-11,17-18,24,27H,1-5,12-16H2,(H,28,29). The molecule has 4 rings (SSSR count). The lowest BCUT2D eigenvalue weighted by Gasteiger charge is -2.30. The zero-order chi connectivity index (χ0) is 20.2. The number of carboxylic acids is 1. The third-order valence-corrected chi connectivity index (χ3v) is 6.65. The van der Waals surface area contributed by atoms with Gasteiger partial charge in [-0.15, -0.1) is 0 Å². The van der Waals surface area contributed by atoms with Crippen molar-refractivity contribution in [1.29, 1.82) is 0 Å². The van der Waals surface area contributed by atoms with Gasteiger partial charge in [-0.3, -0.25) is 0 Å². The smallest absolute Gasteiger partial charge is 0.335 e. The van der Waals surface area contributed by atoms with Crippen LogP contribution < -0.4 is 0 Å². The summed E-state index contributed by atoms with van der Waals surface area (Å²) in [5.74, 6) is -0.182. The third-order valence-electron chi connectivity index (χ3n) is 6.65. The number of rotatable bonds is 6. The molecular formula is C25H31NO3. The van der Waals surface area contributed by atoms with Crippen molar-refractivity contribution in [1.82, 2.24) is 4.90 Å². The van der Waals surface area contributed by atoms with Crippen molar-refractivity contribution >= 4 is 5.97 Å². The lowest BCUT2D eigenvalue weighted by atomic mass is 9.81. The highest BCUT2D eigenvalue weighted by molar-refractivity contribution is 5.87. The predicted octanol–water partition coefficient (Wildman–Crippen LogP) is 4.45. The number of aliphatic hydroxyl groups excluding tert-OH is 1. The van der Waals surface area contributed by atoms with E-state index in [0.717, 1.165) is 29.9 Å². The molecule has 1 fully saturated rings. The number of hydrogen-bond donors (Lipinski definition) is 2. The molecule has 1 aliphatic heterocycles. The number of fused-ring (bicyclic) bond motifs is 1. The van der Waals surface area contributed by atoms with E-state index >= 15 is 0 Å². The first-order valence-corrected chi connectivity index (χ1v) is 11.0. The molecule has 29 heavy (non-hydrogen) atoms. The van der Waals surface area contributed by atoms with E-state index in [4.69, 9.17) is 5.11 Å². The first kappa shape index (κ1) is 20.1. The maximum absolute atomic E-state index is 11.0. The SMILES string of the molecule is O=C(O)c1ccc(C(O)c2ccc3c(c2)CCC(CCN2CCCCC2)C3)cc1. The largest absolute Gasteiger partial charge is 0.478 e. The summed E-state index contributed by atoms with van der Waals surface area (Å²) < 4.78 is 0. The van der Waals surface area contributed by atoms with Gasteiger partial charge in [0.15, 0.2) is 0 Å². The van der Waals surface area contributed by atoms with E-state index in [1.807, 2.05) is 6.07 Å². The first-order valence-electron chi connectivity index (χ1n) is 11.0. The van der Waals surface area contributed by atoms with E-state index in [9.17, 15) is 9.90 Å². The Kier molecular flexibility index (Phi) is 6.31. The van der Waals surface area contributed by atoms with E-state index in [-0.39, 0.29) is 5.56 Å². The van der Waals surface area contributed by atoms with Crippen molar-refractivity contribution in [3.8, 4) is 0 Å². The number of piperidine rings is 1. The number of aromatic carboxylic acids is 1. The van der Waals surface area contributed by atoms with Gasteiger partial charge in [-0.25, -0.2) is 4.79 Å². The minimum atomic E-state index is -0.949. The number of benzene rings is 2. The van der Waals surface area contributed by atoms with Gasteiger partial charge >= 0.3 is 5.97 Å². The van der Waals surface area contributed by atoms with E-state index in [2.05, 4.69) is 17.0 Å². The topological polar surface area (TPSA) is 60.8 Å². The highest BCUT2D eigenvalue weighted by Gasteiger charge is 2.21. The molecule has 2 N–H and O–H groups in total. The van der Waals surface area contributed by atoms with Gasteiger partial charge in [-0.05, 0) is 98.5 Å². The molecule has 0 spiro atoms. The fraction of sp³-hybridized carbons (Fsp3) is 0.480. The van der Waals surface area contributed by atoms with Crippen LogP contribution in [0.25, 0.3) is 0 Å². The Hall–Kier alpha value is -2.17. The molecule has 0 saturated carbocycles. The van der Waals surface area contributed by atoms with Crippen LogP contribution in [0.5, 0.6) is 0 Å². The molecule has 2 aromatic carbocycles. The molecule has 0 amide bonds. The molecular weight excluding hydrogens is 362 g/mol. The summed E-state index contributed by atoms with van der Waals surface area (Å²) in [4.78, 5) is 13.6. The third kappa shape index (κ3) is 4.88. The Balaban J connectivity index is 1.38. The molecule has 4 heteroatoms. The van der Waals surface area contributed by atoms with Gasteiger partial charge < -0.3 is 15.1 Å². The zero-order valence-electron chi connectivity index (χ0n) is 17.0. The number of hydrogen-bond acceptors (Lipinski definition) is 3. The summed E-state index contributed by atoms with van der Waals surface area (Å²) in [5, 5.41) is 19.8. The van der Waals surface area contributed by atoms with Gasteiger partial charge in [0.2, 0.25) is 0 Å². The van der Waals surface area contributed by atoms with Gasteiger partial charge in [-0.2, -0.15) is 0 Å². The zero-order valence-corrected chi connectivity index (χ0v) is 17.0. The molecule has 4 nitrogen and oxygen atoms in total. The Bertz CT molecular complexity index is 840. The van der Waals surface area contributed by atoms with E-state index in [1.54, 1.807) is 24.3 Å². The van der Waals surface area contributed by atoms with Gasteiger partial charge in [0.05, 0.1) is 5.56 Å². The normalized spacial score (nSPS) is 20.8. The second-order valence-electron chi connectivity index (χ2n) is 8.66. The molecule has 1 aliphatic carbocycles. The van der Waals surface area contributed by atoms with Crippen LogP contribution in [0, 0.1) is 5.92 Å². The van der Waals surface area contributed by atoms with E-state index in [1.165, 1.54) is 62.9 Å². The predicted molar refractivity (Wildman–Crippen MR) is 114 cm³/mol. The number of carboxylic acid groups (broad SMARTS) is 1. The van der Waals surface area contributed by atoms with Crippen molar-refractivity contribution in [3.05, 3.63) is 70.3 Å². The Labute approximate surface area is 173 Å². The van der Waals surface area contributed by atoms with Crippen LogP contribution in [0.15, 0.2) is 42.5 Å². The van der Waals surface area contributed by atoms with E-state index in [0.29, 0.717) is 0 Å². The summed E-state index contributed by atoms with van der Waals surface area (Å²) in [6, 6.07) is 12.9. The highest BCUT2D eigenvalue weighted by atomic mass is 16.4. The molecule has 1 heterocycles. The second-order valence-corrected chi connectivity index (χ2v) is 8.66. The average Bonchev–Trinajstić information content (AvgIpc) is 2.77. The van der Waals surface area contributed by atoms with Crippen LogP contribution >= 0.6 is 0 Å². The van der Waals surface area contributed by atoms with Crippen molar-refractivity contribution in [2.24, 2.45) is 5.92 Å². The summed E-state index contributed by atoms with van der Waals surface area (Å²) >= 11 is 0. The molecule has 2 atom stereocenters. The van der Waals surface area contributed by atoms with Crippen LogP contribution in [0.3, 0.4) is 0 Å². The minimum Gasteiger partial charge on any atom is -0.478 e. The number of nitrogens with zero attached hydrogens (tertiary/aromatic N) is 1. The monoisotopic (exact) mass is 393 g/mol. The summed E-state index contributed by atoms with van der Waals surface area (Å²) in [7, 11) is 0. The van der Waals surface area contributed by atoms with Crippen molar-refractivity contribution < 1.29 is 15.0 Å². The van der Waals surface area contributed by atoms with Crippen LogP contribution in [0.1, 0.15) is 70.8 Å². The second kappa shape index (κ2) is 9.10. The average molecular weight is 394 g/mol. The van der Waals surface area contributed by atoms with Gasteiger partial charge in [-0.1, -0.05) is 36.8 Å². The summed E-state index contributed by atoms with van der Waals surface area (Å²) in [6.07, 6.45) is 8.14.